The average molecular weight is 346 g/mol. The fourth-order valence-electron chi connectivity index (χ4n) is 3.97. The van der Waals surface area contributed by atoms with Gasteiger partial charge >= 0.3 is 0 Å². The molecule has 0 N–H and O–H groups in total. The summed E-state index contributed by atoms with van der Waals surface area (Å²) in [7, 11) is 3.35. The molecule has 3 nitrogen and oxygen atoms in total. The van der Waals surface area contributed by atoms with Gasteiger partial charge in [0, 0.05) is 5.56 Å². The molecular formula is C23H22O3. The highest BCUT2D eigenvalue weighted by atomic mass is 16.5. The van der Waals surface area contributed by atoms with Crippen LogP contribution in [0.25, 0.3) is 0 Å². The number of benzene rings is 3. The number of rotatable bonds is 4. The minimum atomic E-state index is -0.739. The van der Waals surface area contributed by atoms with Crippen LogP contribution in [0, 0.1) is 0 Å². The maximum Gasteiger partial charge on any atom is 0.167 e. The van der Waals surface area contributed by atoms with Crippen molar-refractivity contribution in [3.8, 4) is 11.5 Å². The molecule has 3 aromatic carbocycles. The molecule has 26 heavy (non-hydrogen) atoms. The van der Waals surface area contributed by atoms with Crippen molar-refractivity contribution in [2.24, 2.45) is 0 Å². The largest absolute Gasteiger partial charge is 0.493 e. The highest BCUT2D eigenvalue weighted by molar-refractivity contribution is 5.63. The first-order valence-electron chi connectivity index (χ1n) is 8.76. The molecule has 0 aliphatic carbocycles. The van der Waals surface area contributed by atoms with E-state index in [1.54, 1.807) is 14.2 Å². The Balaban J connectivity index is 2.11. The van der Waals surface area contributed by atoms with Crippen LogP contribution < -0.4 is 9.47 Å². The molecule has 0 saturated heterocycles. The number of hydrogen-bond donors (Lipinski definition) is 0. The van der Waals surface area contributed by atoms with Crippen LogP contribution in [0.3, 0.4) is 0 Å². The van der Waals surface area contributed by atoms with Gasteiger partial charge in [0.15, 0.2) is 11.5 Å². The van der Waals surface area contributed by atoms with Gasteiger partial charge in [-0.1, -0.05) is 66.7 Å². The molecule has 1 aliphatic rings. The van der Waals surface area contributed by atoms with E-state index in [1.807, 2.05) is 42.5 Å². The van der Waals surface area contributed by atoms with Gasteiger partial charge in [0.05, 0.1) is 20.3 Å². The van der Waals surface area contributed by atoms with E-state index in [1.165, 1.54) is 0 Å². The van der Waals surface area contributed by atoms with Gasteiger partial charge in [-0.15, -0.1) is 0 Å². The van der Waals surface area contributed by atoms with Crippen LogP contribution in [0.2, 0.25) is 0 Å². The molecule has 1 atom stereocenters. The number of ether oxygens (including phenoxy) is 3. The minimum absolute atomic E-state index is 0.0646. The van der Waals surface area contributed by atoms with Gasteiger partial charge in [-0.05, 0) is 29.7 Å². The Hall–Kier alpha value is -2.78. The van der Waals surface area contributed by atoms with Gasteiger partial charge in [0.25, 0.3) is 0 Å². The van der Waals surface area contributed by atoms with E-state index in [-0.39, 0.29) is 6.10 Å². The standard InChI is InChI=1S/C23H22O3/c1-16-19-14-15-20(24-2)22(25-3)21(19)23(26-16,17-10-6-4-7-11-17)18-12-8-5-9-13-18/h4-16H,1-3H3. The summed E-state index contributed by atoms with van der Waals surface area (Å²) < 4.78 is 18.1. The molecule has 0 bridgehead atoms. The first kappa shape index (κ1) is 16.7. The predicted octanol–water partition coefficient (Wildman–Crippen LogP) is 5.09. The number of hydrogen-bond acceptors (Lipinski definition) is 3. The first-order chi connectivity index (χ1) is 12.7. The zero-order valence-corrected chi connectivity index (χ0v) is 15.2. The Morgan fingerprint density at radius 1 is 0.769 bits per heavy atom. The predicted molar refractivity (Wildman–Crippen MR) is 102 cm³/mol. The van der Waals surface area contributed by atoms with Crippen molar-refractivity contribution >= 4 is 0 Å². The molecule has 1 aliphatic heterocycles. The second-order valence-electron chi connectivity index (χ2n) is 6.44. The van der Waals surface area contributed by atoms with Gasteiger partial charge < -0.3 is 14.2 Å². The zero-order valence-electron chi connectivity index (χ0n) is 15.2. The molecule has 1 heterocycles. The molecule has 3 heteroatoms. The molecule has 0 fully saturated rings. The minimum Gasteiger partial charge on any atom is -0.493 e. The third-order valence-electron chi connectivity index (χ3n) is 5.08. The Kier molecular flexibility index (Phi) is 4.17. The maximum atomic E-state index is 6.70. The van der Waals surface area contributed by atoms with Crippen molar-refractivity contribution in [3.63, 3.8) is 0 Å². The fraction of sp³-hybridized carbons (Fsp3) is 0.217. The summed E-state index contributed by atoms with van der Waals surface area (Å²) in [6.45, 7) is 2.08. The molecule has 0 spiro atoms. The second kappa shape index (κ2) is 6.50. The van der Waals surface area contributed by atoms with Crippen LogP contribution in [0.15, 0.2) is 72.8 Å². The molecule has 1 unspecified atom stereocenters. The molecule has 0 saturated carbocycles. The molecule has 0 amide bonds. The van der Waals surface area contributed by atoms with E-state index >= 15 is 0 Å². The highest BCUT2D eigenvalue weighted by Crippen LogP contribution is 2.56. The summed E-state index contributed by atoms with van der Waals surface area (Å²) in [6, 6.07) is 24.6. The lowest BCUT2D eigenvalue weighted by molar-refractivity contribution is -0.0138. The van der Waals surface area contributed by atoms with Crippen molar-refractivity contribution < 1.29 is 14.2 Å². The van der Waals surface area contributed by atoms with E-state index in [0.717, 1.165) is 28.0 Å². The molecule has 4 rings (SSSR count). The van der Waals surface area contributed by atoms with Crippen LogP contribution >= 0.6 is 0 Å². The lowest BCUT2D eigenvalue weighted by atomic mass is 9.79. The Bertz CT molecular complexity index is 864. The summed E-state index contributed by atoms with van der Waals surface area (Å²) in [6.07, 6.45) is -0.0646. The van der Waals surface area contributed by atoms with E-state index in [9.17, 15) is 0 Å². The molecular weight excluding hydrogens is 324 g/mol. The molecule has 0 radical (unpaired) electrons. The molecule has 132 valence electrons. The monoisotopic (exact) mass is 346 g/mol. The molecule has 3 aromatic rings. The van der Waals surface area contributed by atoms with Gasteiger partial charge in [0.1, 0.15) is 5.60 Å². The Morgan fingerprint density at radius 3 is 1.85 bits per heavy atom. The smallest absolute Gasteiger partial charge is 0.167 e. The summed E-state index contributed by atoms with van der Waals surface area (Å²) >= 11 is 0. The van der Waals surface area contributed by atoms with E-state index in [4.69, 9.17) is 14.2 Å². The number of methoxy groups -OCH3 is 2. The summed E-state index contributed by atoms with van der Waals surface area (Å²) in [5.74, 6) is 1.43. The Labute approximate surface area is 154 Å². The zero-order chi connectivity index (χ0) is 18.1. The third-order valence-corrected chi connectivity index (χ3v) is 5.08. The number of fused-ring (bicyclic) bond motifs is 1. The third kappa shape index (κ3) is 2.31. The quantitative estimate of drug-likeness (QED) is 0.659. The van der Waals surface area contributed by atoms with Crippen LogP contribution in [0.5, 0.6) is 11.5 Å². The normalized spacial score (nSPS) is 17.6. The summed E-state index contributed by atoms with van der Waals surface area (Å²) in [5.41, 5.74) is 3.54. The van der Waals surface area contributed by atoms with Crippen molar-refractivity contribution in [1.82, 2.24) is 0 Å². The fourth-order valence-corrected chi connectivity index (χ4v) is 3.97. The van der Waals surface area contributed by atoms with Gasteiger partial charge in [0.2, 0.25) is 0 Å². The summed E-state index contributed by atoms with van der Waals surface area (Å²) in [4.78, 5) is 0. The van der Waals surface area contributed by atoms with Gasteiger partial charge in [-0.2, -0.15) is 0 Å². The van der Waals surface area contributed by atoms with Crippen molar-refractivity contribution in [2.75, 3.05) is 14.2 Å². The van der Waals surface area contributed by atoms with Gasteiger partial charge in [-0.3, -0.25) is 0 Å². The van der Waals surface area contributed by atoms with E-state index < -0.39 is 5.60 Å². The van der Waals surface area contributed by atoms with Crippen LogP contribution in [-0.4, -0.2) is 14.2 Å². The van der Waals surface area contributed by atoms with Crippen molar-refractivity contribution in [2.45, 2.75) is 18.6 Å². The van der Waals surface area contributed by atoms with E-state index in [0.29, 0.717) is 5.75 Å². The topological polar surface area (TPSA) is 27.7 Å². The maximum absolute atomic E-state index is 6.70. The average Bonchev–Trinajstić information content (AvgIpc) is 3.02. The summed E-state index contributed by atoms with van der Waals surface area (Å²) in [5, 5.41) is 0. The van der Waals surface area contributed by atoms with Crippen molar-refractivity contribution in [1.29, 1.82) is 0 Å². The van der Waals surface area contributed by atoms with Crippen molar-refractivity contribution in [3.05, 3.63) is 95.1 Å². The first-order valence-corrected chi connectivity index (χ1v) is 8.76. The lowest BCUT2D eigenvalue weighted by Gasteiger charge is -2.33. The second-order valence-corrected chi connectivity index (χ2v) is 6.44. The molecule has 0 aromatic heterocycles. The van der Waals surface area contributed by atoms with Crippen LogP contribution in [0.1, 0.15) is 35.3 Å². The van der Waals surface area contributed by atoms with Gasteiger partial charge in [-0.25, -0.2) is 0 Å². The Morgan fingerprint density at radius 2 is 1.35 bits per heavy atom. The highest BCUT2D eigenvalue weighted by Gasteiger charge is 2.49. The SMILES string of the molecule is COc1ccc2c(c1OC)C(c1ccccc1)(c1ccccc1)OC2C. The lowest BCUT2D eigenvalue weighted by Crippen LogP contribution is -2.29. The van der Waals surface area contributed by atoms with Crippen LogP contribution in [0.4, 0.5) is 0 Å². The van der Waals surface area contributed by atoms with Crippen LogP contribution in [-0.2, 0) is 10.3 Å². The van der Waals surface area contributed by atoms with E-state index in [2.05, 4.69) is 37.3 Å².